The monoisotopic (exact) mass is 346 g/mol. The molecule has 0 bridgehead atoms. The van der Waals surface area contributed by atoms with Gasteiger partial charge in [-0.2, -0.15) is 13.2 Å². The van der Waals surface area contributed by atoms with E-state index in [1.807, 2.05) is 0 Å². The molecular weight excluding hydrogens is 329 g/mol. The van der Waals surface area contributed by atoms with E-state index < -0.39 is 17.7 Å². The second kappa shape index (κ2) is 7.83. The Bertz CT molecular complexity index is 786. The molecule has 0 aliphatic rings. The first-order valence-electron chi connectivity index (χ1n) is 7.52. The van der Waals surface area contributed by atoms with Gasteiger partial charge in [-0.05, 0) is 30.2 Å². The molecule has 5 heteroatoms. The maximum Gasteiger partial charge on any atom is 0.417 e. The van der Waals surface area contributed by atoms with Crippen molar-refractivity contribution in [2.45, 2.75) is 13.1 Å². The summed E-state index contributed by atoms with van der Waals surface area (Å²) in [5, 5.41) is 0. The van der Waals surface area contributed by atoms with E-state index in [9.17, 15) is 18.0 Å². The summed E-state index contributed by atoms with van der Waals surface area (Å²) in [6, 6.07) is 14.6. The van der Waals surface area contributed by atoms with Crippen LogP contribution in [-0.2, 0) is 9.53 Å². The number of alkyl halides is 3. The van der Waals surface area contributed by atoms with Crippen molar-refractivity contribution in [3.8, 4) is 0 Å². The summed E-state index contributed by atoms with van der Waals surface area (Å²) in [6.07, 6.45) is -2.42. The lowest BCUT2D eigenvalue weighted by molar-refractivity contribution is -0.135. The second-order valence-electron chi connectivity index (χ2n) is 5.42. The van der Waals surface area contributed by atoms with E-state index in [0.29, 0.717) is 5.56 Å². The third-order valence-electron chi connectivity index (χ3n) is 3.51. The first kappa shape index (κ1) is 18.5. The number of aryl methyl sites for hydroxylation is 1. The van der Waals surface area contributed by atoms with Crippen LogP contribution in [0.25, 0.3) is 11.6 Å². The summed E-state index contributed by atoms with van der Waals surface area (Å²) in [6.45, 7) is 1.79. The molecule has 0 aliphatic heterocycles. The zero-order chi connectivity index (χ0) is 18.4. The SMILES string of the molecule is COC(=O)C(=C/c1ccccc1)/C=C(\c1ccc(C)cc1)C(F)(F)F. The third kappa shape index (κ3) is 5.08. The number of allylic oxidation sites excluding steroid dienone is 1. The highest BCUT2D eigenvalue weighted by Crippen LogP contribution is 2.35. The summed E-state index contributed by atoms with van der Waals surface area (Å²) in [4.78, 5) is 12.0. The summed E-state index contributed by atoms with van der Waals surface area (Å²) >= 11 is 0. The van der Waals surface area contributed by atoms with Gasteiger partial charge in [0.1, 0.15) is 0 Å². The van der Waals surface area contributed by atoms with Crippen molar-refractivity contribution in [2.75, 3.05) is 7.11 Å². The molecule has 0 aromatic heterocycles. The van der Waals surface area contributed by atoms with E-state index in [1.54, 1.807) is 49.4 Å². The number of rotatable bonds is 4. The number of benzene rings is 2. The average molecular weight is 346 g/mol. The number of carbonyl (C=O) groups excluding carboxylic acids is 1. The van der Waals surface area contributed by atoms with Gasteiger partial charge in [-0.1, -0.05) is 60.2 Å². The van der Waals surface area contributed by atoms with Gasteiger partial charge < -0.3 is 4.74 Å². The number of carbonyl (C=O) groups is 1. The molecule has 0 fully saturated rings. The van der Waals surface area contributed by atoms with Crippen LogP contribution in [0.4, 0.5) is 13.2 Å². The maximum absolute atomic E-state index is 13.5. The molecule has 0 heterocycles. The Kier molecular flexibility index (Phi) is 5.80. The average Bonchev–Trinajstić information content (AvgIpc) is 2.58. The van der Waals surface area contributed by atoms with E-state index in [1.165, 1.54) is 18.2 Å². The van der Waals surface area contributed by atoms with Crippen molar-refractivity contribution in [1.82, 2.24) is 0 Å². The van der Waals surface area contributed by atoms with E-state index in [-0.39, 0.29) is 11.1 Å². The molecule has 0 atom stereocenters. The molecule has 0 amide bonds. The highest BCUT2D eigenvalue weighted by molar-refractivity contribution is 5.99. The fourth-order valence-corrected chi connectivity index (χ4v) is 2.22. The number of hydrogen-bond acceptors (Lipinski definition) is 2. The number of hydrogen-bond donors (Lipinski definition) is 0. The molecule has 2 aromatic carbocycles. The first-order chi connectivity index (χ1) is 11.8. The number of methoxy groups -OCH3 is 1. The fraction of sp³-hybridized carbons (Fsp3) is 0.150. The van der Waals surface area contributed by atoms with Crippen molar-refractivity contribution in [2.24, 2.45) is 0 Å². The quantitative estimate of drug-likeness (QED) is 0.432. The Morgan fingerprint density at radius 1 is 1.00 bits per heavy atom. The predicted octanol–water partition coefficient (Wildman–Crippen LogP) is 5.20. The van der Waals surface area contributed by atoms with Gasteiger partial charge in [-0.25, -0.2) is 4.79 Å². The van der Waals surface area contributed by atoms with Crippen LogP contribution in [0.3, 0.4) is 0 Å². The molecule has 0 aliphatic carbocycles. The minimum absolute atomic E-state index is 0.0130. The normalized spacial score (nSPS) is 12.8. The van der Waals surface area contributed by atoms with Crippen molar-refractivity contribution < 1.29 is 22.7 Å². The molecule has 0 radical (unpaired) electrons. The highest BCUT2D eigenvalue weighted by atomic mass is 19.4. The van der Waals surface area contributed by atoms with Crippen LogP contribution in [0, 0.1) is 6.92 Å². The molecule has 2 aromatic rings. The van der Waals surface area contributed by atoms with Gasteiger partial charge in [-0.15, -0.1) is 0 Å². The van der Waals surface area contributed by atoms with Gasteiger partial charge >= 0.3 is 12.1 Å². The van der Waals surface area contributed by atoms with Gasteiger partial charge in [-0.3, -0.25) is 0 Å². The highest BCUT2D eigenvalue weighted by Gasteiger charge is 2.35. The van der Waals surface area contributed by atoms with Crippen LogP contribution in [0.5, 0.6) is 0 Å². The van der Waals surface area contributed by atoms with E-state index >= 15 is 0 Å². The largest absolute Gasteiger partial charge is 0.465 e. The fourth-order valence-electron chi connectivity index (χ4n) is 2.22. The molecule has 130 valence electrons. The molecule has 2 rings (SSSR count). The van der Waals surface area contributed by atoms with Crippen molar-refractivity contribution in [3.63, 3.8) is 0 Å². The smallest absolute Gasteiger partial charge is 0.417 e. The molecule has 0 N–H and O–H groups in total. The van der Waals surface area contributed by atoms with E-state index in [4.69, 9.17) is 0 Å². The zero-order valence-electron chi connectivity index (χ0n) is 13.8. The Hall–Kier alpha value is -2.82. The number of esters is 1. The number of halogens is 3. The molecule has 25 heavy (non-hydrogen) atoms. The molecule has 2 nitrogen and oxygen atoms in total. The van der Waals surface area contributed by atoms with Crippen LogP contribution in [0.2, 0.25) is 0 Å². The second-order valence-corrected chi connectivity index (χ2v) is 5.42. The number of ether oxygens (including phenoxy) is 1. The lowest BCUT2D eigenvalue weighted by Crippen LogP contribution is -2.13. The van der Waals surface area contributed by atoms with Crippen molar-refractivity contribution in [1.29, 1.82) is 0 Å². The third-order valence-corrected chi connectivity index (χ3v) is 3.51. The van der Waals surface area contributed by atoms with Crippen molar-refractivity contribution in [3.05, 3.63) is 82.9 Å². The van der Waals surface area contributed by atoms with Gasteiger partial charge in [0.05, 0.1) is 18.3 Å². The molecular formula is C20H17F3O2. The van der Waals surface area contributed by atoms with Gasteiger partial charge in [0, 0.05) is 0 Å². The van der Waals surface area contributed by atoms with Gasteiger partial charge in [0.25, 0.3) is 0 Å². The van der Waals surface area contributed by atoms with Crippen LogP contribution < -0.4 is 0 Å². The zero-order valence-corrected chi connectivity index (χ0v) is 13.8. The maximum atomic E-state index is 13.5. The summed E-state index contributed by atoms with van der Waals surface area (Å²) < 4.78 is 45.2. The summed E-state index contributed by atoms with van der Waals surface area (Å²) in [5.74, 6) is -0.835. The lowest BCUT2D eigenvalue weighted by Gasteiger charge is -2.13. The van der Waals surface area contributed by atoms with Gasteiger partial charge in [0.2, 0.25) is 0 Å². The Morgan fingerprint density at radius 3 is 2.12 bits per heavy atom. The predicted molar refractivity (Wildman–Crippen MR) is 91.6 cm³/mol. The minimum Gasteiger partial charge on any atom is -0.465 e. The van der Waals surface area contributed by atoms with Crippen LogP contribution in [0.1, 0.15) is 16.7 Å². The van der Waals surface area contributed by atoms with Crippen molar-refractivity contribution >= 4 is 17.6 Å². The van der Waals surface area contributed by atoms with Crippen LogP contribution in [-0.4, -0.2) is 19.3 Å². The van der Waals surface area contributed by atoms with E-state index in [0.717, 1.165) is 18.7 Å². The Balaban J connectivity index is 2.58. The standard InChI is InChI=1S/C20H17F3O2/c1-14-8-10-16(11-9-14)18(20(21,22)23)13-17(19(24)25-2)12-15-6-4-3-5-7-15/h3-13H,1-2H3/b17-12+,18-13+. The molecule has 0 saturated carbocycles. The van der Waals surface area contributed by atoms with Crippen LogP contribution >= 0.6 is 0 Å². The first-order valence-corrected chi connectivity index (χ1v) is 7.52. The molecule has 0 unspecified atom stereocenters. The Morgan fingerprint density at radius 2 is 1.60 bits per heavy atom. The van der Waals surface area contributed by atoms with E-state index in [2.05, 4.69) is 4.74 Å². The summed E-state index contributed by atoms with van der Waals surface area (Å²) in [5.41, 5.74) is 0.352. The lowest BCUT2D eigenvalue weighted by atomic mass is 10.00. The Labute approximate surface area is 144 Å². The van der Waals surface area contributed by atoms with Crippen LogP contribution in [0.15, 0.2) is 66.2 Å². The topological polar surface area (TPSA) is 26.3 Å². The van der Waals surface area contributed by atoms with Gasteiger partial charge in [0.15, 0.2) is 0 Å². The molecule has 0 saturated heterocycles. The molecule has 0 spiro atoms. The minimum atomic E-state index is -4.61. The summed E-state index contributed by atoms with van der Waals surface area (Å²) in [7, 11) is 1.13.